The molecular weight excluding hydrogens is 629 g/mol. The fraction of sp³-hybridized carbons (Fsp3) is 0.314. The average Bonchev–Trinajstić information content (AvgIpc) is 3.47. The second-order valence-corrected chi connectivity index (χ2v) is 12.8. The van der Waals surface area contributed by atoms with Gasteiger partial charge in [0.2, 0.25) is 0 Å². The van der Waals surface area contributed by atoms with Crippen LogP contribution in [0.2, 0.25) is 0 Å². The molecule has 1 fully saturated rings. The summed E-state index contributed by atoms with van der Waals surface area (Å²) in [4.78, 5) is 42.7. The number of rotatable bonds is 7. The van der Waals surface area contributed by atoms with Crippen LogP contribution in [0.4, 0.5) is 20.8 Å². The number of amides is 2. The number of nitrogens with zero attached hydrogens (tertiary/aromatic N) is 7. The van der Waals surface area contributed by atoms with E-state index in [2.05, 4.69) is 27.1 Å². The van der Waals surface area contributed by atoms with Crippen molar-refractivity contribution < 1.29 is 23.5 Å². The summed E-state index contributed by atoms with van der Waals surface area (Å²) in [6, 6.07) is 15.2. The first-order chi connectivity index (χ1) is 23.4. The largest absolute Gasteiger partial charge is 0.496 e. The van der Waals surface area contributed by atoms with Crippen molar-refractivity contribution in [2.24, 2.45) is 0 Å². The number of anilines is 2. The minimum absolute atomic E-state index is 0.0322. The SMILES string of the molecule is COc1ccc(F)cc1C(=O)NCc1ccc(-c2nn(-c3ccc(N4CCN(C(=O)OC(C)(C)C)C[C@H]4C)nc3)c3ncnc(N)c23)cc1. The number of nitrogen functional groups attached to an aromatic ring is 1. The third-order valence-corrected chi connectivity index (χ3v) is 8.13. The third-order valence-electron chi connectivity index (χ3n) is 8.13. The topological polar surface area (TPSA) is 154 Å². The molecule has 1 aliphatic rings. The Hall–Kier alpha value is -5.79. The maximum atomic E-state index is 13.8. The normalized spacial score (nSPS) is 14.9. The molecule has 5 aromatic rings. The van der Waals surface area contributed by atoms with Gasteiger partial charge in [0.1, 0.15) is 40.8 Å². The number of hydrogen-bond acceptors (Lipinski definition) is 10. The van der Waals surface area contributed by atoms with E-state index in [4.69, 9.17) is 25.3 Å². The number of nitrogens with one attached hydrogen (secondary N) is 1. The number of carbonyl (C=O) groups is 2. The van der Waals surface area contributed by atoms with Gasteiger partial charge in [0.15, 0.2) is 5.65 Å². The van der Waals surface area contributed by atoms with E-state index in [0.29, 0.717) is 42.0 Å². The fourth-order valence-electron chi connectivity index (χ4n) is 5.74. The number of aromatic nitrogens is 5. The lowest BCUT2D eigenvalue weighted by Crippen LogP contribution is -2.54. The van der Waals surface area contributed by atoms with E-state index in [1.807, 2.05) is 57.2 Å². The molecule has 2 amide bonds. The summed E-state index contributed by atoms with van der Waals surface area (Å²) in [6.07, 6.45) is 2.82. The zero-order valence-electron chi connectivity index (χ0n) is 28.0. The molecule has 0 spiro atoms. The first kappa shape index (κ1) is 33.1. The monoisotopic (exact) mass is 667 g/mol. The van der Waals surface area contributed by atoms with Gasteiger partial charge in [0, 0.05) is 37.8 Å². The first-order valence-electron chi connectivity index (χ1n) is 15.8. The number of piperazine rings is 1. The van der Waals surface area contributed by atoms with Crippen LogP contribution in [0.25, 0.3) is 28.0 Å². The van der Waals surface area contributed by atoms with E-state index in [9.17, 15) is 14.0 Å². The molecule has 6 rings (SSSR count). The highest BCUT2D eigenvalue weighted by Crippen LogP contribution is 2.32. The van der Waals surface area contributed by atoms with Crippen LogP contribution in [-0.2, 0) is 11.3 Å². The van der Waals surface area contributed by atoms with Crippen molar-refractivity contribution in [2.45, 2.75) is 45.9 Å². The summed E-state index contributed by atoms with van der Waals surface area (Å²) in [6.45, 7) is 9.51. The number of benzene rings is 2. The van der Waals surface area contributed by atoms with Crippen molar-refractivity contribution in [1.29, 1.82) is 0 Å². The van der Waals surface area contributed by atoms with E-state index in [-0.39, 0.29) is 35.8 Å². The summed E-state index contributed by atoms with van der Waals surface area (Å²) in [5.41, 5.74) is 9.30. The molecule has 14 heteroatoms. The lowest BCUT2D eigenvalue weighted by molar-refractivity contribution is 0.0218. The van der Waals surface area contributed by atoms with E-state index in [1.165, 1.54) is 25.6 Å². The zero-order chi connectivity index (χ0) is 34.9. The molecule has 2 aromatic carbocycles. The molecular formula is C35H38FN9O4. The van der Waals surface area contributed by atoms with Crippen molar-refractivity contribution in [3.8, 4) is 22.7 Å². The van der Waals surface area contributed by atoms with Crippen LogP contribution in [-0.4, -0.2) is 80.0 Å². The lowest BCUT2D eigenvalue weighted by Gasteiger charge is -2.40. The van der Waals surface area contributed by atoms with Gasteiger partial charge in [-0.1, -0.05) is 24.3 Å². The van der Waals surface area contributed by atoms with Crippen LogP contribution < -0.4 is 20.7 Å². The Morgan fingerprint density at radius 2 is 1.82 bits per heavy atom. The molecule has 0 saturated carbocycles. The van der Waals surface area contributed by atoms with E-state index in [0.717, 1.165) is 23.0 Å². The van der Waals surface area contributed by atoms with Gasteiger partial charge in [0.05, 0.1) is 29.9 Å². The Labute approximate surface area is 282 Å². The molecule has 49 heavy (non-hydrogen) atoms. The average molecular weight is 668 g/mol. The minimum Gasteiger partial charge on any atom is -0.496 e. The lowest BCUT2D eigenvalue weighted by atomic mass is 10.1. The van der Waals surface area contributed by atoms with Crippen LogP contribution in [0.5, 0.6) is 5.75 Å². The van der Waals surface area contributed by atoms with Crippen molar-refractivity contribution in [2.75, 3.05) is 37.4 Å². The summed E-state index contributed by atoms with van der Waals surface area (Å²) < 4.78 is 26.2. The van der Waals surface area contributed by atoms with E-state index < -0.39 is 17.3 Å². The molecule has 0 aliphatic carbocycles. The Balaban J connectivity index is 1.19. The van der Waals surface area contributed by atoms with Crippen LogP contribution in [0.15, 0.2) is 67.1 Å². The quantitative estimate of drug-likeness (QED) is 0.243. The summed E-state index contributed by atoms with van der Waals surface area (Å²) in [5.74, 6) is 0.375. The fourth-order valence-corrected chi connectivity index (χ4v) is 5.74. The molecule has 0 bridgehead atoms. The molecule has 1 aliphatic heterocycles. The maximum Gasteiger partial charge on any atom is 0.410 e. The van der Waals surface area contributed by atoms with Gasteiger partial charge < -0.3 is 30.3 Å². The highest BCUT2D eigenvalue weighted by molar-refractivity contribution is 5.99. The Bertz CT molecular complexity index is 1990. The number of ether oxygens (including phenoxy) is 2. The standard InChI is InChI=1S/C35H38FN9O4/c1-21-19-43(34(47)49-35(2,3)4)14-15-44(21)28-13-11-25(18-38-28)45-32-29(31(37)40-20-41-32)30(42-45)23-8-6-22(7-9-23)17-39-33(46)26-16-24(36)10-12-27(26)48-5/h6-13,16,18,20-21H,14-15,17,19H2,1-5H3,(H,39,46)(H2,37,40,41)/t21-/m1/s1. The van der Waals surface area contributed by atoms with E-state index in [1.54, 1.807) is 15.8 Å². The van der Waals surface area contributed by atoms with Gasteiger partial charge in [-0.25, -0.2) is 28.8 Å². The number of carbonyl (C=O) groups excluding carboxylic acids is 2. The number of fused-ring (bicyclic) bond motifs is 1. The molecule has 4 heterocycles. The zero-order valence-corrected chi connectivity index (χ0v) is 28.0. The Morgan fingerprint density at radius 3 is 2.49 bits per heavy atom. The second kappa shape index (κ2) is 13.4. The predicted molar refractivity (Wildman–Crippen MR) is 183 cm³/mol. The second-order valence-electron chi connectivity index (χ2n) is 12.8. The Morgan fingerprint density at radius 1 is 1.04 bits per heavy atom. The van der Waals surface area contributed by atoms with Gasteiger partial charge in [-0.15, -0.1) is 0 Å². The molecule has 0 radical (unpaired) electrons. The highest BCUT2D eigenvalue weighted by Gasteiger charge is 2.30. The van der Waals surface area contributed by atoms with Crippen LogP contribution in [0.3, 0.4) is 0 Å². The van der Waals surface area contributed by atoms with Gasteiger partial charge in [-0.3, -0.25) is 4.79 Å². The van der Waals surface area contributed by atoms with Crippen LogP contribution in [0.1, 0.15) is 43.6 Å². The van der Waals surface area contributed by atoms with Gasteiger partial charge >= 0.3 is 6.09 Å². The molecule has 3 N–H and O–H groups in total. The number of hydrogen-bond donors (Lipinski definition) is 2. The van der Waals surface area contributed by atoms with Gasteiger partial charge in [-0.2, -0.15) is 5.10 Å². The molecule has 1 atom stereocenters. The Kier molecular flexibility index (Phi) is 9.04. The van der Waals surface area contributed by atoms with Crippen molar-refractivity contribution in [3.63, 3.8) is 0 Å². The smallest absolute Gasteiger partial charge is 0.410 e. The number of methoxy groups -OCH3 is 1. The summed E-state index contributed by atoms with van der Waals surface area (Å²) >= 11 is 0. The molecule has 254 valence electrons. The first-order valence-corrected chi connectivity index (χ1v) is 15.8. The number of halogens is 1. The van der Waals surface area contributed by atoms with Crippen molar-refractivity contribution in [1.82, 2.24) is 34.9 Å². The number of pyridine rings is 1. The van der Waals surface area contributed by atoms with Crippen molar-refractivity contribution >= 4 is 34.7 Å². The van der Waals surface area contributed by atoms with Crippen LogP contribution >= 0.6 is 0 Å². The van der Waals surface area contributed by atoms with Crippen molar-refractivity contribution in [3.05, 3.63) is 84.1 Å². The number of nitrogens with two attached hydrogens (primary N) is 1. The summed E-state index contributed by atoms with van der Waals surface area (Å²) in [5, 5.41) is 8.28. The molecule has 0 unspecified atom stereocenters. The molecule has 13 nitrogen and oxygen atoms in total. The maximum absolute atomic E-state index is 13.8. The highest BCUT2D eigenvalue weighted by atomic mass is 19.1. The molecule has 1 saturated heterocycles. The third kappa shape index (κ3) is 7.08. The predicted octanol–water partition coefficient (Wildman–Crippen LogP) is 4.98. The van der Waals surface area contributed by atoms with E-state index >= 15 is 0 Å². The summed E-state index contributed by atoms with van der Waals surface area (Å²) in [7, 11) is 1.43. The molecule has 3 aromatic heterocycles. The van der Waals surface area contributed by atoms with Gasteiger partial charge in [-0.05, 0) is 63.6 Å². The van der Waals surface area contributed by atoms with Gasteiger partial charge in [0.25, 0.3) is 5.91 Å². The minimum atomic E-state index is -0.550. The van der Waals surface area contributed by atoms with Crippen LogP contribution in [0, 0.1) is 5.82 Å².